The summed E-state index contributed by atoms with van der Waals surface area (Å²) in [5.74, 6) is 0.836. The van der Waals surface area contributed by atoms with Crippen LogP contribution in [0.5, 0.6) is 0 Å². The Morgan fingerprint density at radius 1 is 0.837 bits per heavy atom. The number of hydrogen-bond acceptors (Lipinski definition) is 4. The molecule has 3 aliphatic carbocycles. The molecule has 43 heavy (non-hydrogen) atoms. The summed E-state index contributed by atoms with van der Waals surface area (Å²) in [7, 11) is 0. The van der Waals surface area contributed by atoms with Gasteiger partial charge in [0.1, 0.15) is 0 Å². The number of hydrogen-bond donors (Lipinski definition) is 0. The van der Waals surface area contributed by atoms with Gasteiger partial charge in [-0.25, -0.2) is 0 Å². The first-order valence-electron chi connectivity index (χ1n) is 15.1. The molecule has 1 aliphatic heterocycles. The third-order valence-electron chi connectivity index (χ3n) is 10.5. The highest BCUT2D eigenvalue weighted by Gasteiger charge is 2.49. The van der Waals surface area contributed by atoms with Gasteiger partial charge in [-0.2, -0.15) is 0 Å². The van der Waals surface area contributed by atoms with E-state index in [9.17, 15) is 4.79 Å². The molecule has 2 nitrogen and oxygen atoms in total. The lowest BCUT2D eigenvalue weighted by molar-refractivity contribution is -0.104. The van der Waals surface area contributed by atoms with Crippen molar-refractivity contribution in [1.29, 1.82) is 0 Å². The van der Waals surface area contributed by atoms with Gasteiger partial charge in [0.15, 0.2) is 6.29 Å². The molecule has 7 rings (SSSR count). The maximum absolute atomic E-state index is 11.9. The lowest BCUT2D eigenvalue weighted by Crippen LogP contribution is -2.25. The van der Waals surface area contributed by atoms with Crippen LogP contribution in [0.3, 0.4) is 0 Å². The standard InChI is InChI=1S/C39H37NOS2/c1-37(2)30-13-9-7-11-26(30)28-17-15-24(19-32(28)37)40-35-21-33-29(27-12-8-10-14-31(27)38(33,3)4)20-34(35)39(5,6)36(40)18-16-25(22-41)43-23-42/h7-23,27,31H,1-6H3/b25-16-,36-18+. The van der Waals surface area contributed by atoms with E-state index >= 15 is 0 Å². The maximum atomic E-state index is 11.9. The van der Waals surface area contributed by atoms with Crippen LogP contribution >= 0.6 is 24.0 Å². The minimum Gasteiger partial charge on any atom is -0.313 e. The first kappa shape index (κ1) is 28.3. The molecule has 4 heteroatoms. The van der Waals surface area contributed by atoms with E-state index in [0.29, 0.717) is 16.7 Å². The number of thioether (sulfide) groups is 1. The van der Waals surface area contributed by atoms with E-state index in [4.69, 9.17) is 12.2 Å². The number of rotatable bonds is 5. The van der Waals surface area contributed by atoms with E-state index in [2.05, 4.69) is 131 Å². The smallest absolute Gasteiger partial charge is 0.156 e. The fourth-order valence-corrected chi connectivity index (χ4v) is 8.81. The highest BCUT2D eigenvalue weighted by molar-refractivity contribution is 8.23. The topological polar surface area (TPSA) is 20.3 Å². The van der Waals surface area contributed by atoms with Crippen molar-refractivity contribution in [2.45, 2.75) is 63.7 Å². The second kappa shape index (κ2) is 9.77. The molecular weight excluding hydrogens is 563 g/mol. The zero-order chi connectivity index (χ0) is 30.3. The predicted octanol–water partition coefficient (Wildman–Crippen LogP) is 10.2. The molecule has 0 saturated carbocycles. The van der Waals surface area contributed by atoms with Gasteiger partial charge in [-0.15, -0.1) is 0 Å². The van der Waals surface area contributed by atoms with Crippen molar-refractivity contribution in [3.8, 4) is 11.1 Å². The van der Waals surface area contributed by atoms with Crippen LogP contribution in [0, 0.1) is 5.92 Å². The first-order valence-corrected chi connectivity index (χ1v) is 16.4. The number of aldehydes is 1. The largest absolute Gasteiger partial charge is 0.313 e. The van der Waals surface area contributed by atoms with Crippen molar-refractivity contribution in [2.75, 3.05) is 4.90 Å². The highest BCUT2D eigenvalue weighted by Crippen LogP contribution is 2.60. The molecule has 0 amide bonds. The SMILES string of the molecule is CC1(C)/C(=C\C=C(\C=O)SC=S)N(c2ccc3c(c2)C(C)(C)c2ccccc2-3)c2cc3c(cc21)C1C=CC=CC1C3(C)C. The number of anilines is 2. The average molecular weight is 600 g/mol. The van der Waals surface area contributed by atoms with Gasteiger partial charge < -0.3 is 4.90 Å². The quantitative estimate of drug-likeness (QED) is 0.165. The Morgan fingerprint density at radius 3 is 2.35 bits per heavy atom. The summed E-state index contributed by atoms with van der Waals surface area (Å²) >= 11 is 6.34. The fourth-order valence-electron chi connectivity index (χ4n) is 8.16. The highest BCUT2D eigenvalue weighted by atomic mass is 32.2. The average Bonchev–Trinajstić information content (AvgIpc) is 3.47. The minimum atomic E-state index is -0.287. The molecule has 0 bridgehead atoms. The predicted molar refractivity (Wildman–Crippen MR) is 187 cm³/mol. The summed E-state index contributed by atoms with van der Waals surface area (Å²) in [6, 6.07) is 20.7. The first-order chi connectivity index (χ1) is 20.5. The van der Waals surface area contributed by atoms with Crippen LogP contribution in [0.2, 0.25) is 0 Å². The second-order valence-electron chi connectivity index (χ2n) is 13.8. The number of thiocarbonyl (C=S) groups is 1. The molecule has 1 heterocycles. The molecule has 0 fully saturated rings. The summed E-state index contributed by atoms with van der Waals surface area (Å²) in [5, 5.41) is 0. The molecule has 216 valence electrons. The van der Waals surface area contributed by atoms with E-state index in [1.54, 1.807) is 4.70 Å². The molecule has 0 saturated heterocycles. The van der Waals surface area contributed by atoms with Crippen molar-refractivity contribution >= 4 is 46.3 Å². The Hall–Kier alpha value is -3.47. The van der Waals surface area contributed by atoms with Crippen molar-refractivity contribution < 1.29 is 4.79 Å². The fraction of sp³-hybridized carbons (Fsp3) is 0.282. The van der Waals surface area contributed by atoms with Gasteiger partial charge in [-0.05, 0) is 80.6 Å². The van der Waals surface area contributed by atoms with Gasteiger partial charge in [0.2, 0.25) is 0 Å². The molecule has 2 atom stereocenters. The van der Waals surface area contributed by atoms with Crippen LogP contribution in [-0.2, 0) is 21.0 Å². The normalized spacial score (nSPS) is 23.9. The van der Waals surface area contributed by atoms with Crippen LogP contribution in [0.15, 0.2) is 102 Å². The summed E-state index contributed by atoms with van der Waals surface area (Å²) < 4.78 is 1.54. The Balaban J connectivity index is 1.46. The molecule has 0 aromatic heterocycles. The molecule has 2 unspecified atom stereocenters. The van der Waals surface area contributed by atoms with Crippen LogP contribution in [0.4, 0.5) is 11.4 Å². The zero-order valence-electron chi connectivity index (χ0n) is 25.6. The van der Waals surface area contributed by atoms with E-state index in [-0.39, 0.29) is 16.2 Å². The lowest BCUT2D eigenvalue weighted by Gasteiger charge is -2.30. The van der Waals surface area contributed by atoms with E-state index < -0.39 is 0 Å². The maximum Gasteiger partial charge on any atom is 0.156 e. The molecule has 4 aliphatic rings. The van der Waals surface area contributed by atoms with Crippen LogP contribution in [-0.4, -0.2) is 11.0 Å². The van der Waals surface area contributed by atoms with Crippen molar-refractivity contribution in [3.63, 3.8) is 0 Å². The van der Waals surface area contributed by atoms with Gasteiger partial charge in [-0.1, -0.05) is 126 Å². The third kappa shape index (κ3) is 3.99. The second-order valence-corrected chi connectivity index (χ2v) is 15.3. The molecule has 0 N–H and O–H groups in total. The Kier molecular flexibility index (Phi) is 6.43. The zero-order valence-corrected chi connectivity index (χ0v) is 27.3. The summed E-state index contributed by atoms with van der Waals surface area (Å²) in [5.41, 5.74) is 12.7. The number of benzene rings is 3. The number of nitrogens with zero attached hydrogens (tertiary/aromatic N) is 1. The van der Waals surface area contributed by atoms with Gasteiger partial charge in [-0.3, -0.25) is 4.79 Å². The molecular formula is C39H37NOS2. The van der Waals surface area contributed by atoms with E-state index in [0.717, 1.165) is 17.7 Å². The van der Waals surface area contributed by atoms with E-state index in [1.165, 1.54) is 56.4 Å². The number of carbonyl (C=O) groups excluding carboxylic acids is 1. The summed E-state index contributed by atoms with van der Waals surface area (Å²) in [6.07, 6.45) is 14.1. The molecule has 0 spiro atoms. The van der Waals surface area contributed by atoms with Crippen molar-refractivity contribution in [3.05, 3.63) is 129 Å². The van der Waals surface area contributed by atoms with Gasteiger partial charge >= 0.3 is 0 Å². The minimum absolute atomic E-state index is 0.0145. The van der Waals surface area contributed by atoms with Gasteiger partial charge in [0, 0.05) is 32.8 Å². The number of allylic oxidation sites excluding steroid dienone is 8. The lowest BCUT2D eigenvalue weighted by atomic mass is 9.74. The third-order valence-corrected chi connectivity index (χ3v) is 11.4. The van der Waals surface area contributed by atoms with Crippen LogP contribution < -0.4 is 4.90 Å². The van der Waals surface area contributed by atoms with E-state index in [1.807, 2.05) is 6.08 Å². The number of carbonyl (C=O) groups is 1. The monoisotopic (exact) mass is 599 g/mol. The summed E-state index contributed by atoms with van der Waals surface area (Å²) in [6.45, 7) is 14.1. The molecule has 0 radical (unpaired) electrons. The Labute approximate surface area is 265 Å². The van der Waals surface area contributed by atoms with Gasteiger partial charge in [0.05, 0.1) is 10.6 Å². The summed E-state index contributed by atoms with van der Waals surface area (Å²) in [4.78, 5) is 14.9. The Morgan fingerprint density at radius 2 is 1.58 bits per heavy atom. The molecule has 3 aromatic rings. The molecule has 3 aromatic carbocycles. The van der Waals surface area contributed by atoms with Crippen LogP contribution in [0.25, 0.3) is 11.1 Å². The van der Waals surface area contributed by atoms with Crippen molar-refractivity contribution in [2.24, 2.45) is 5.92 Å². The van der Waals surface area contributed by atoms with Crippen LogP contribution in [0.1, 0.15) is 75.3 Å². The number of fused-ring (bicyclic) bond motifs is 7. The van der Waals surface area contributed by atoms with Crippen molar-refractivity contribution in [1.82, 2.24) is 0 Å². The Bertz CT molecular complexity index is 1830. The van der Waals surface area contributed by atoms with Gasteiger partial charge in [0.25, 0.3) is 0 Å².